The average molecular weight is 293 g/mol. The molecule has 0 radical (unpaired) electrons. The smallest absolute Gasteiger partial charge is 0.311 e. The van der Waals surface area contributed by atoms with E-state index in [1.165, 1.54) is 0 Å². The second kappa shape index (κ2) is 6.05. The third kappa shape index (κ3) is 3.55. The fraction of sp³-hybridized carbons (Fsp3) is 0.812. The van der Waals surface area contributed by atoms with Gasteiger partial charge >= 0.3 is 11.9 Å². The molecule has 2 aliphatic rings. The van der Waals surface area contributed by atoms with Crippen molar-refractivity contribution < 1.29 is 19.1 Å². The molecule has 4 atom stereocenters. The highest BCUT2D eigenvalue weighted by molar-refractivity contribution is 5.75. The molecule has 2 rings (SSSR count). The van der Waals surface area contributed by atoms with Gasteiger partial charge in [0, 0.05) is 18.3 Å². The molecule has 0 amide bonds. The largest absolute Gasteiger partial charge is 0.465 e. The summed E-state index contributed by atoms with van der Waals surface area (Å²) < 4.78 is 10.8. The lowest BCUT2D eigenvalue weighted by Gasteiger charge is -2.25. The Balaban J connectivity index is 1.99. The molecule has 0 aromatic rings. The SMILES string of the molecule is CC(C)(C)C(=O)OCC1C(CCC#N)CC2CC(=O)OC21. The molecule has 0 bridgehead atoms. The lowest BCUT2D eigenvalue weighted by Crippen LogP contribution is -2.31. The quantitative estimate of drug-likeness (QED) is 0.744. The van der Waals surface area contributed by atoms with Crippen molar-refractivity contribution in [2.24, 2.45) is 23.2 Å². The number of nitriles is 1. The highest BCUT2D eigenvalue weighted by Crippen LogP contribution is 2.46. The van der Waals surface area contributed by atoms with Gasteiger partial charge in [-0.15, -0.1) is 0 Å². The summed E-state index contributed by atoms with van der Waals surface area (Å²) >= 11 is 0. The summed E-state index contributed by atoms with van der Waals surface area (Å²) in [7, 11) is 0. The van der Waals surface area contributed by atoms with Gasteiger partial charge in [0.05, 0.1) is 24.5 Å². The van der Waals surface area contributed by atoms with Crippen molar-refractivity contribution in [3.05, 3.63) is 0 Å². The Kier molecular flexibility index (Phi) is 4.55. The predicted octanol–water partition coefficient (Wildman–Crippen LogP) is 2.45. The van der Waals surface area contributed by atoms with Crippen LogP contribution in [-0.4, -0.2) is 24.6 Å². The third-order valence-corrected chi connectivity index (χ3v) is 4.44. The molecular formula is C16H23NO4. The molecule has 5 nitrogen and oxygen atoms in total. The number of ether oxygens (including phenoxy) is 2. The maximum atomic E-state index is 11.9. The van der Waals surface area contributed by atoms with Crippen LogP contribution >= 0.6 is 0 Å². The first-order chi connectivity index (χ1) is 9.82. The molecule has 1 saturated heterocycles. The van der Waals surface area contributed by atoms with Gasteiger partial charge in [0.2, 0.25) is 0 Å². The topological polar surface area (TPSA) is 76.4 Å². The zero-order chi connectivity index (χ0) is 15.6. The Morgan fingerprint density at radius 1 is 1.48 bits per heavy atom. The van der Waals surface area contributed by atoms with Crippen LogP contribution in [-0.2, 0) is 19.1 Å². The molecule has 21 heavy (non-hydrogen) atoms. The van der Waals surface area contributed by atoms with Crippen molar-refractivity contribution in [1.29, 1.82) is 5.26 Å². The second-order valence-electron chi connectivity index (χ2n) is 7.12. The number of nitrogens with zero attached hydrogens (tertiary/aromatic N) is 1. The van der Waals surface area contributed by atoms with Gasteiger partial charge in [-0.25, -0.2) is 0 Å². The Morgan fingerprint density at radius 2 is 2.19 bits per heavy atom. The van der Waals surface area contributed by atoms with Gasteiger partial charge < -0.3 is 9.47 Å². The Hall–Kier alpha value is -1.57. The summed E-state index contributed by atoms with van der Waals surface area (Å²) in [6.45, 7) is 5.72. The lowest BCUT2D eigenvalue weighted by molar-refractivity contribution is -0.157. The van der Waals surface area contributed by atoms with Gasteiger partial charge in [-0.3, -0.25) is 9.59 Å². The molecule has 4 unspecified atom stereocenters. The average Bonchev–Trinajstić information content (AvgIpc) is 2.88. The van der Waals surface area contributed by atoms with Crippen molar-refractivity contribution in [1.82, 2.24) is 0 Å². The van der Waals surface area contributed by atoms with Crippen LogP contribution in [0.15, 0.2) is 0 Å². The number of carbonyl (C=O) groups excluding carboxylic acids is 2. The van der Waals surface area contributed by atoms with Crippen LogP contribution in [0.3, 0.4) is 0 Å². The molecule has 1 heterocycles. The van der Waals surface area contributed by atoms with E-state index >= 15 is 0 Å². The summed E-state index contributed by atoms with van der Waals surface area (Å²) in [5, 5.41) is 8.76. The van der Waals surface area contributed by atoms with Gasteiger partial charge in [0.15, 0.2) is 0 Å². The van der Waals surface area contributed by atoms with Gasteiger partial charge in [-0.1, -0.05) is 0 Å². The van der Waals surface area contributed by atoms with Crippen molar-refractivity contribution in [2.45, 2.75) is 52.6 Å². The first-order valence-corrected chi connectivity index (χ1v) is 7.56. The number of esters is 2. The van der Waals surface area contributed by atoms with Crippen molar-refractivity contribution in [3.8, 4) is 6.07 Å². The maximum absolute atomic E-state index is 11.9. The number of rotatable bonds is 4. The van der Waals surface area contributed by atoms with E-state index in [1.807, 2.05) is 20.8 Å². The lowest BCUT2D eigenvalue weighted by atomic mass is 9.91. The third-order valence-electron chi connectivity index (χ3n) is 4.44. The van der Waals surface area contributed by atoms with Crippen molar-refractivity contribution >= 4 is 11.9 Å². The van der Waals surface area contributed by atoms with Crippen LogP contribution in [0.2, 0.25) is 0 Å². The fourth-order valence-corrected chi connectivity index (χ4v) is 3.31. The Bertz CT molecular complexity index is 460. The summed E-state index contributed by atoms with van der Waals surface area (Å²) in [5.74, 6) is 0.145. The second-order valence-corrected chi connectivity index (χ2v) is 7.12. The standard InChI is InChI=1S/C16H23NO4/c1-16(2,3)15(19)20-9-12-10(5-4-6-17)7-11-8-13(18)21-14(11)12/h10-12,14H,4-5,7-9H2,1-3H3. The first kappa shape index (κ1) is 15.8. The van der Waals surface area contributed by atoms with Gasteiger partial charge in [-0.2, -0.15) is 5.26 Å². The molecule has 116 valence electrons. The molecule has 5 heteroatoms. The van der Waals surface area contributed by atoms with Crippen LogP contribution in [0, 0.1) is 34.5 Å². The van der Waals surface area contributed by atoms with Crippen LogP contribution in [0.5, 0.6) is 0 Å². The van der Waals surface area contributed by atoms with Crippen molar-refractivity contribution in [2.75, 3.05) is 6.61 Å². The van der Waals surface area contributed by atoms with Crippen LogP contribution < -0.4 is 0 Å². The van der Waals surface area contributed by atoms with E-state index in [2.05, 4.69) is 6.07 Å². The number of carbonyl (C=O) groups is 2. The van der Waals surface area contributed by atoms with Crippen LogP contribution in [0.1, 0.15) is 46.5 Å². The molecule has 0 aromatic carbocycles. The van der Waals surface area contributed by atoms with E-state index in [4.69, 9.17) is 14.7 Å². The normalized spacial score (nSPS) is 31.4. The summed E-state index contributed by atoms with van der Waals surface area (Å²) in [6, 6.07) is 2.16. The highest BCUT2D eigenvalue weighted by Gasteiger charge is 2.50. The number of hydrogen-bond acceptors (Lipinski definition) is 5. The van der Waals surface area contributed by atoms with Gasteiger partial charge in [0.25, 0.3) is 0 Å². The summed E-state index contributed by atoms with van der Waals surface area (Å²) in [4.78, 5) is 23.4. The zero-order valence-electron chi connectivity index (χ0n) is 12.9. The first-order valence-electron chi connectivity index (χ1n) is 7.56. The highest BCUT2D eigenvalue weighted by atomic mass is 16.6. The Morgan fingerprint density at radius 3 is 2.81 bits per heavy atom. The van der Waals surface area contributed by atoms with E-state index in [-0.39, 0.29) is 36.5 Å². The molecular weight excluding hydrogens is 270 g/mol. The van der Waals surface area contributed by atoms with E-state index in [1.54, 1.807) is 0 Å². The van der Waals surface area contributed by atoms with Crippen LogP contribution in [0.25, 0.3) is 0 Å². The molecule has 0 spiro atoms. The summed E-state index contributed by atoms with van der Waals surface area (Å²) in [6.07, 6.45) is 2.46. The summed E-state index contributed by atoms with van der Waals surface area (Å²) in [5.41, 5.74) is -0.535. The molecule has 2 fully saturated rings. The molecule has 1 aliphatic carbocycles. The van der Waals surface area contributed by atoms with Gasteiger partial charge in [0.1, 0.15) is 6.10 Å². The fourth-order valence-electron chi connectivity index (χ4n) is 3.31. The predicted molar refractivity (Wildman–Crippen MR) is 74.8 cm³/mol. The molecule has 0 aromatic heterocycles. The van der Waals surface area contributed by atoms with E-state index in [0.29, 0.717) is 18.8 Å². The van der Waals surface area contributed by atoms with Gasteiger partial charge in [-0.05, 0) is 39.5 Å². The monoisotopic (exact) mass is 293 g/mol. The zero-order valence-corrected chi connectivity index (χ0v) is 12.9. The van der Waals surface area contributed by atoms with Crippen molar-refractivity contribution in [3.63, 3.8) is 0 Å². The van der Waals surface area contributed by atoms with E-state index in [9.17, 15) is 9.59 Å². The number of hydrogen-bond donors (Lipinski definition) is 0. The number of fused-ring (bicyclic) bond motifs is 1. The minimum atomic E-state index is -0.535. The molecule has 1 saturated carbocycles. The van der Waals surface area contributed by atoms with Crippen LogP contribution in [0.4, 0.5) is 0 Å². The molecule has 0 N–H and O–H groups in total. The molecule has 1 aliphatic heterocycles. The Labute approximate surface area is 125 Å². The van der Waals surface area contributed by atoms with E-state index in [0.717, 1.165) is 12.8 Å². The van der Waals surface area contributed by atoms with E-state index < -0.39 is 5.41 Å². The maximum Gasteiger partial charge on any atom is 0.311 e. The minimum Gasteiger partial charge on any atom is -0.465 e. The minimum absolute atomic E-state index is 0.0288.